The number of carbonyl (C=O) groups is 1. The molecule has 0 rings (SSSR count). The molecule has 0 aliphatic rings. The molecule has 0 heterocycles. The molecule has 0 spiro atoms. The Bertz CT molecular complexity index is 385. The molecule has 0 fully saturated rings. The molecule has 0 aliphatic carbocycles. The van der Waals surface area contributed by atoms with Gasteiger partial charge in [0.1, 0.15) is 5.60 Å². The zero-order chi connectivity index (χ0) is 18.5. The molecule has 138 valence electrons. The van der Waals surface area contributed by atoms with Gasteiger partial charge in [0.15, 0.2) is 13.9 Å². The molecule has 2 unspecified atom stereocenters. The lowest BCUT2D eigenvalue weighted by atomic mass is 9.81. The van der Waals surface area contributed by atoms with Gasteiger partial charge in [-0.2, -0.15) is 0 Å². The van der Waals surface area contributed by atoms with Gasteiger partial charge in [0.2, 0.25) is 0 Å². The molecule has 0 saturated heterocycles. The predicted molar refractivity (Wildman–Crippen MR) is 98.1 cm³/mol. The first kappa shape index (κ1) is 22.6. The van der Waals surface area contributed by atoms with Crippen molar-refractivity contribution in [2.45, 2.75) is 103 Å². The average Bonchev–Trinajstić information content (AvgIpc) is 2.40. The van der Waals surface area contributed by atoms with Gasteiger partial charge >= 0.3 is 5.97 Å². The van der Waals surface area contributed by atoms with Crippen LogP contribution in [0.2, 0.25) is 18.1 Å². The van der Waals surface area contributed by atoms with Gasteiger partial charge in [-0.3, -0.25) is 0 Å². The van der Waals surface area contributed by atoms with E-state index in [-0.39, 0.29) is 5.04 Å². The van der Waals surface area contributed by atoms with Crippen LogP contribution in [0.3, 0.4) is 0 Å². The Labute approximate surface area is 144 Å². The third kappa shape index (κ3) is 5.57. The van der Waals surface area contributed by atoms with Crippen molar-refractivity contribution in [1.82, 2.24) is 0 Å². The van der Waals surface area contributed by atoms with Crippen molar-refractivity contribution in [1.29, 1.82) is 0 Å². The summed E-state index contributed by atoms with van der Waals surface area (Å²) < 4.78 is 11.4. The summed E-state index contributed by atoms with van der Waals surface area (Å²) >= 11 is 0. The SMILES string of the molecule is CCCCCCC(C)(O)C(C)(O[Si](C)(C)C(C)(C)C)C(=O)OC. The topological polar surface area (TPSA) is 55.8 Å². The number of carbonyl (C=O) groups excluding carboxylic acids is 1. The summed E-state index contributed by atoms with van der Waals surface area (Å²) in [5.41, 5.74) is -2.61. The van der Waals surface area contributed by atoms with Crippen molar-refractivity contribution >= 4 is 14.3 Å². The maximum atomic E-state index is 12.5. The van der Waals surface area contributed by atoms with E-state index in [4.69, 9.17) is 9.16 Å². The third-order valence-electron chi connectivity index (χ3n) is 5.39. The normalized spacial score (nSPS) is 18.2. The van der Waals surface area contributed by atoms with Gasteiger partial charge in [0.05, 0.1) is 7.11 Å². The Balaban J connectivity index is 5.44. The first-order valence-corrected chi connectivity index (χ1v) is 11.7. The fraction of sp³-hybridized carbons (Fsp3) is 0.944. The summed E-state index contributed by atoms with van der Waals surface area (Å²) in [4.78, 5) is 12.5. The van der Waals surface area contributed by atoms with Crippen LogP contribution in [0.15, 0.2) is 0 Å². The molecular formula is C18H38O4Si. The fourth-order valence-electron chi connectivity index (χ4n) is 2.36. The highest BCUT2D eigenvalue weighted by atomic mass is 28.4. The molecule has 0 radical (unpaired) electrons. The van der Waals surface area contributed by atoms with Crippen LogP contribution in [0.1, 0.15) is 73.6 Å². The van der Waals surface area contributed by atoms with Crippen molar-refractivity contribution in [3.05, 3.63) is 0 Å². The van der Waals surface area contributed by atoms with Crippen LogP contribution >= 0.6 is 0 Å². The molecule has 2 atom stereocenters. The summed E-state index contributed by atoms with van der Waals surface area (Å²) in [6, 6.07) is 0. The van der Waals surface area contributed by atoms with Crippen molar-refractivity contribution in [2.24, 2.45) is 0 Å². The molecule has 0 aliphatic heterocycles. The fourth-order valence-corrected chi connectivity index (χ4v) is 3.99. The summed E-state index contributed by atoms with van der Waals surface area (Å²) in [5.74, 6) is -0.497. The van der Waals surface area contributed by atoms with Crippen molar-refractivity contribution in [3.63, 3.8) is 0 Å². The van der Waals surface area contributed by atoms with Gasteiger partial charge in [-0.05, 0) is 38.4 Å². The van der Waals surface area contributed by atoms with E-state index in [1.54, 1.807) is 13.8 Å². The highest BCUT2D eigenvalue weighted by Crippen LogP contribution is 2.43. The number of unbranched alkanes of at least 4 members (excludes halogenated alkanes) is 3. The first-order chi connectivity index (χ1) is 10.2. The van der Waals surface area contributed by atoms with E-state index in [9.17, 15) is 9.90 Å². The zero-order valence-electron chi connectivity index (χ0n) is 16.7. The minimum Gasteiger partial charge on any atom is -0.467 e. The maximum Gasteiger partial charge on any atom is 0.339 e. The number of hydrogen-bond donors (Lipinski definition) is 1. The lowest BCUT2D eigenvalue weighted by Crippen LogP contribution is -2.63. The molecule has 0 aromatic heterocycles. The van der Waals surface area contributed by atoms with Gasteiger partial charge in [-0.1, -0.05) is 53.4 Å². The highest BCUT2D eigenvalue weighted by Gasteiger charge is 2.55. The molecule has 1 N–H and O–H groups in total. The van der Waals surface area contributed by atoms with Crippen LogP contribution < -0.4 is 0 Å². The van der Waals surface area contributed by atoms with Crippen molar-refractivity contribution in [2.75, 3.05) is 7.11 Å². The minimum atomic E-state index is -2.24. The van der Waals surface area contributed by atoms with Gasteiger partial charge in [-0.25, -0.2) is 4.79 Å². The third-order valence-corrected chi connectivity index (χ3v) is 9.92. The highest BCUT2D eigenvalue weighted by molar-refractivity contribution is 6.74. The second-order valence-electron chi connectivity index (χ2n) is 8.47. The smallest absolute Gasteiger partial charge is 0.339 e. The maximum absolute atomic E-state index is 12.5. The number of methoxy groups -OCH3 is 1. The summed E-state index contributed by atoms with van der Waals surface area (Å²) in [6.45, 7) is 16.1. The van der Waals surface area contributed by atoms with Gasteiger partial charge in [-0.15, -0.1) is 0 Å². The summed E-state index contributed by atoms with van der Waals surface area (Å²) in [7, 11) is -0.894. The van der Waals surface area contributed by atoms with Crippen LogP contribution in [0.25, 0.3) is 0 Å². The number of ether oxygens (including phenoxy) is 1. The van der Waals surface area contributed by atoms with E-state index in [2.05, 4.69) is 40.8 Å². The molecular weight excluding hydrogens is 308 g/mol. The largest absolute Gasteiger partial charge is 0.467 e. The molecule has 23 heavy (non-hydrogen) atoms. The van der Waals surface area contributed by atoms with Crippen LogP contribution in [-0.4, -0.2) is 37.7 Å². The minimum absolute atomic E-state index is 0.0550. The van der Waals surface area contributed by atoms with Gasteiger partial charge < -0.3 is 14.3 Å². The molecule has 0 aromatic rings. The first-order valence-electron chi connectivity index (χ1n) is 8.76. The van der Waals surface area contributed by atoms with Crippen LogP contribution in [0.4, 0.5) is 0 Å². The summed E-state index contributed by atoms with van der Waals surface area (Å²) in [6.07, 6.45) is 4.70. The Kier molecular flexibility index (Phi) is 7.98. The predicted octanol–water partition coefficient (Wildman–Crippen LogP) is 4.66. The Morgan fingerprint density at radius 1 is 1.04 bits per heavy atom. The lowest BCUT2D eigenvalue weighted by molar-refractivity contribution is -0.185. The summed E-state index contributed by atoms with van der Waals surface area (Å²) in [5, 5.41) is 11.0. The Morgan fingerprint density at radius 3 is 1.96 bits per heavy atom. The van der Waals surface area contributed by atoms with Crippen molar-refractivity contribution < 1.29 is 19.1 Å². The van der Waals surface area contributed by atoms with E-state index >= 15 is 0 Å². The van der Waals surface area contributed by atoms with E-state index in [1.165, 1.54) is 7.11 Å². The molecule has 4 nitrogen and oxygen atoms in total. The zero-order valence-corrected chi connectivity index (χ0v) is 17.7. The molecule has 5 heteroatoms. The second kappa shape index (κ2) is 8.12. The lowest BCUT2D eigenvalue weighted by Gasteiger charge is -2.48. The number of esters is 1. The number of hydrogen-bond acceptors (Lipinski definition) is 4. The van der Waals surface area contributed by atoms with Gasteiger partial charge in [0, 0.05) is 0 Å². The van der Waals surface area contributed by atoms with Crippen LogP contribution in [0, 0.1) is 0 Å². The molecule has 0 aromatic carbocycles. The average molecular weight is 347 g/mol. The van der Waals surface area contributed by atoms with E-state index in [0.717, 1.165) is 25.7 Å². The van der Waals surface area contributed by atoms with Gasteiger partial charge in [0.25, 0.3) is 0 Å². The molecule has 0 bridgehead atoms. The van der Waals surface area contributed by atoms with E-state index < -0.39 is 25.5 Å². The monoisotopic (exact) mass is 346 g/mol. The van der Waals surface area contributed by atoms with Crippen molar-refractivity contribution in [3.8, 4) is 0 Å². The standard InChI is InChI=1S/C18H38O4Si/c1-10-11-12-13-14-17(5,20)18(6,15(19)21-7)22-23(8,9)16(2,3)4/h20H,10-14H2,1-9H3. The van der Waals surface area contributed by atoms with Crippen LogP contribution in [-0.2, 0) is 14.0 Å². The Morgan fingerprint density at radius 2 is 1.57 bits per heavy atom. The Hall–Kier alpha value is -0.393. The quantitative estimate of drug-likeness (QED) is 0.375. The van der Waals surface area contributed by atoms with E-state index in [0.29, 0.717) is 6.42 Å². The van der Waals surface area contributed by atoms with E-state index in [1.807, 2.05) is 0 Å². The number of rotatable bonds is 9. The molecule has 0 saturated carbocycles. The van der Waals surface area contributed by atoms with Crippen LogP contribution in [0.5, 0.6) is 0 Å². The molecule has 0 amide bonds. The second-order valence-corrected chi connectivity index (χ2v) is 13.2. The number of aliphatic hydroxyl groups is 1.